The van der Waals surface area contributed by atoms with Gasteiger partial charge in [-0.25, -0.2) is 9.97 Å². The Morgan fingerprint density at radius 2 is 2.16 bits per heavy atom. The molecular weight excluding hydrogens is 242 g/mol. The Kier molecular flexibility index (Phi) is 3.50. The standard InChI is InChI=1S/C13H17N5O/c1-9-6-15-12(16-7-9)13-17-11(19-18-13)5-10-3-2-4-14-8-10/h6-7,10,14H,2-5,8H2,1H3. The number of nitrogens with zero attached hydrogens (tertiary/aromatic N) is 4. The van der Waals surface area contributed by atoms with Gasteiger partial charge in [0.05, 0.1) is 0 Å². The van der Waals surface area contributed by atoms with Crippen LogP contribution in [0.2, 0.25) is 0 Å². The fourth-order valence-corrected chi connectivity index (χ4v) is 2.28. The maximum atomic E-state index is 5.28. The van der Waals surface area contributed by atoms with E-state index in [2.05, 4.69) is 25.4 Å². The SMILES string of the molecule is Cc1cnc(-c2noc(CC3CCCNC3)n2)nc1. The average molecular weight is 259 g/mol. The summed E-state index contributed by atoms with van der Waals surface area (Å²) in [5, 5.41) is 7.34. The molecular formula is C13H17N5O. The van der Waals surface area contributed by atoms with E-state index in [4.69, 9.17) is 4.52 Å². The van der Waals surface area contributed by atoms with Crippen molar-refractivity contribution in [3.05, 3.63) is 23.8 Å². The lowest BCUT2D eigenvalue weighted by Crippen LogP contribution is -2.30. The van der Waals surface area contributed by atoms with E-state index in [1.54, 1.807) is 12.4 Å². The number of rotatable bonds is 3. The van der Waals surface area contributed by atoms with Crippen LogP contribution in [0.3, 0.4) is 0 Å². The highest BCUT2D eigenvalue weighted by molar-refractivity contribution is 5.40. The largest absolute Gasteiger partial charge is 0.339 e. The predicted molar refractivity (Wildman–Crippen MR) is 69.4 cm³/mol. The van der Waals surface area contributed by atoms with Crippen molar-refractivity contribution >= 4 is 0 Å². The van der Waals surface area contributed by atoms with Gasteiger partial charge < -0.3 is 9.84 Å². The number of aromatic nitrogens is 4. The quantitative estimate of drug-likeness (QED) is 0.897. The molecule has 19 heavy (non-hydrogen) atoms. The Morgan fingerprint density at radius 1 is 1.32 bits per heavy atom. The first-order valence-electron chi connectivity index (χ1n) is 6.63. The molecule has 1 aliphatic heterocycles. The minimum atomic E-state index is 0.471. The van der Waals surface area contributed by atoms with Gasteiger partial charge >= 0.3 is 0 Å². The van der Waals surface area contributed by atoms with Gasteiger partial charge in [0.2, 0.25) is 17.5 Å². The molecule has 6 heteroatoms. The van der Waals surface area contributed by atoms with Crippen LogP contribution in [0.25, 0.3) is 11.6 Å². The van der Waals surface area contributed by atoms with Crippen LogP contribution >= 0.6 is 0 Å². The minimum Gasteiger partial charge on any atom is -0.339 e. The van der Waals surface area contributed by atoms with Crippen LogP contribution in [-0.2, 0) is 6.42 Å². The summed E-state index contributed by atoms with van der Waals surface area (Å²) >= 11 is 0. The molecule has 0 amide bonds. The Hall–Kier alpha value is -1.82. The summed E-state index contributed by atoms with van der Waals surface area (Å²) in [4.78, 5) is 12.8. The molecule has 3 rings (SSSR count). The zero-order valence-electron chi connectivity index (χ0n) is 11.0. The first kappa shape index (κ1) is 12.2. The molecule has 0 aromatic carbocycles. The lowest BCUT2D eigenvalue weighted by Gasteiger charge is -2.20. The summed E-state index contributed by atoms with van der Waals surface area (Å²) in [5.74, 6) is 2.25. The van der Waals surface area contributed by atoms with Crippen molar-refractivity contribution < 1.29 is 4.52 Å². The molecule has 100 valence electrons. The molecule has 0 bridgehead atoms. The van der Waals surface area contributed by atoms with Crippen LogP contribution in [0.5, 0.6) is 0 Å². The third kappa shape index (κ3) is 2.96. The summed E-state index contributed by atoms with van der Waals surface area (Å²) in [5.41, 5.74) is 1.01. The van der Waals surface area contributed by atoms with E-state index in [1.165, 1.54) is 12.8 Å². The van der Waals surface area contributed by atoms with Crippen molar-refractivity contribution in [2.75, 3.05) is 13.1 Å². The molecule has 0 radical (unpaired) electrons. The molecule has 1 N–H and O–H groups in total. The van der Waals surface area contributed by atoms with Crippen molar-refractivity contribution in [1.82, 2.24) is 25.4 Å². The van der Waals surface area contributed by atoms with Crippen LogP contribution in [0.4, 0.5) is 0 Å². The third-order valence-electron chi connectivity index (χ3n) is 3.31. The molecule has 1 aliphatic rings. The lowest BCUT2D eigenvalue weighted by molar-refractivity contribution is 0.316. The maximum absolute atomic E-state index is 5.28. The van der Waals surface area contributed by atoms with Gasteiger partial charge in [0.15, 0.2) is 0 Å². The Bertz CT molecular complexity index is 530. The monoisotopic (exact) mass is 259 g/mol. The van der Waals surface area contributed by atoms with E-state index in [1.807, 2.05) is 6.92 Å². The van der Waals surface area contributed by atoms with Gasteiger partial charge in [0.25, 0.3) is 0 Å². The molecule has 0 saturated carbocycles. The van der Waals surface area contributed by atoms with Crippen LogP contribution in [0, 0.1) is 12.8 Å². The summed E-state index contributed by atoms with van der Waals surface area (Å²) < 4.78 is 5.28. The summed E-state index contributed by atoms with van der Waals surface area (Å²) in [6.45, 7) is 4.09. The van der Waals surface area contributed by atoms with E-state index in [9.17, 15) is 0 Å². The van der Waals surface area contributed by atoms with E-state index in [0.29, 0.717) is 23.5 Å². The summed E-state index contributed by atoms with van der Waals surface area (Å²) in [6.07, 6.45) is 6.76. The first-order chi connectivity index (χ1) is 9.31. The van der Waals surface area contributed by atoms with Crippen molar-refractivity contribution in [2.45, 2.75) is 26.2 Å². The molecule has 2 aromatic rings. The third-order valence-corrected chi connectivity index (χ3v) is 3.31. The highest BCUT2D eigenvalue weighted by atomic mass is 16.5. The average Bonchev–Trinajstić information content (AvgIpc) is 2.89. The molecule has 1 saturated heterocycles. The fourth-order valence-electron chi connectivity index (χ4n) is 2.28. The molecule has 0 spiro atoms. The van der Waals surface area contributed by atoms with E-state index < -0.39 is 0 Å². The van der Waals surface area contributed by atoms with Crippen molar-refractivity contribution in [3.8, 4) is 11.6 Å². The number of hydrogen-bond donors (Lipinski definition) is 1. The fraction of sp³-hybridized carbons (Fsp3) is 0.538. The normalized spacial score (nSPS) is 19.5. The van der Waals surface area contributed by atoms with Gasteiger partial charge in [0, 0.05) is 18.8 Å². The molecule has 1 unspecified atom stereocenters. The minimum absolute atomic E-state index is 0.471. The van der Waals surface area contributed by atoms with E-state index in [0.717, 1.165) is 25.1 Å². The van der Waals surface area contributed by atoms with Crippen molar-refractivity contribution in [2.24, 2.45) is 5.92 Å². The highest BCUT2D eigenvalue weighted by Gasteiger charge is 2.18. The molecule has 0 aliphatic carbocycles. The van der Waals surface area contributed by atoms with Gasteiger partial charge in [-0.2, -0.15) is 4.98 Å². The smallest absolute Gasteiger partial charge is 0.240 e. The second-order valence-corrected chi connectivity index (χ2v) is 5.01. The number of hydrogen-bond acceptors (Lipinski definition) is 6. The zero-order valence-corrected chi connectivity index (χ0v) is 11.0. The van der Waals surface area contributed by atoms with Gasteiger partial charge in [-0.05, 0) is 44.3 Å². The van der Waals surface area contributed by atoms with E-state index >= 15 is 0 Å². The Morgan fingerprint density at radius 3 is 2.89 bits per heavy atom. The molecule has 6 nitrogen and oxygen atoms in total. The van der Waals surface area contributed by atoms with Gasteiger partial charge in [-0.3, -0.25) is 0 Å². The Labute approximate surface area is 111 Å². The lowest BCUT2D eigenvalue weighted by atomic mass is 9.96. The van der Waals surface area contributed by atoms with Gasteiger partial charge in [0.1, 0.15) is 0 Å². The van der Waals surface area contributed by atoms with Crippen molar-refractivity contribution in [1.29, 1.82) is 0 Å². The topological polar surface area (TPSA) is 76.7 Å². The summed E-state index contributed by atoms with van der Waals surface area (Å²) in [7, 11) is 0. The number of aryl methyl sites for hydroxylation is 1. The first-order valence-corrected chi connectivity index (χ1v) is 6.63. The van der Waals surface area contributed by atoms with Crippen LogP contribution in [0.1, 0.15) is 24.3 Å². The molecule has 3 heterocycles. The van der Waals surface area contributed by atoms with Gasteiger partial charge in [-0.15, -0.1) is 0 Å². The number of nitrogens with one attached hydrogen (secondary N) is 1. The van der Waals surface area contributed by atoms with E-state index in [-0.39, 0.29) is 0 Å². The maximum Gasteiger partial charge on any atom is 0.240 e. The Balaban J connectivity index is 1.70. The van der Waals surface area contributed by atoms with Gasteiger partial charge in [-0.1, -0.05) is 5.16 Å². The predicted octanol–water partition coefficient (Wildman–Crippen LogP) is 1.38. The second-order valence-electron chi connectivity index (χ2n) is 5.01. The highest BCUT2D eigenvalue weighted by Crippen LogP contribution is 2.17. The zero-order chi connectivity index (χ0) is 13.1. The van der Waals surface area contributed by atoms with Crippen LogP contribution < -0.4 is 5.32 Å². The van der Waals surface area contributed by atoms with Crippen molar-refractivity contribution in [3.63, 3.8) is 0 Å². The second kappa shape index (κ2) is 5.44. The molecule has 1 atom stereocenters. The number of piperidine rings is 1. The molecule has 1 fully saturated rings. The molecule has 2 aromatic heterocycles. The summed E-state index contributed by atoms with van der Waals surface area (Å²) in [6, 6.07) is 0. The van der Waals surface area contributed by atoms with Crippen LogP contribution in [-0.4, -0.2) is 33.2 Å². The van der Waals surface area contributed by atoms with Crippen LogP contribution in [0.15, 0.2) is 16.9 Å².